The van der Waals surface area contributed by atoms with Crippen LogP contribution in [0.3, 0.4) is 0 Å². The average Bonchev–Trinajstić information content (AvgIpc) is 2.96. The number of carbonyl (C=O) groups is 2. The third kappa shape index (κ3) is 5.70. The van der Waals surface area contributed by atoms with E-state index in [2.05, 4.69) is 0 Å². The number of aryl methyl sites for hydroxylation is 2. The molecule has 22 heavy (non-hydrogen) atoms. The SMILES string of the molecule is Cc1ccsc1C(=O)NP(N)(N)=O.Cc1ccsc1C(N)=O. The zero-order chi connectivity index (χ0) is 16.9. The second-order valence-electron chi connectivity index (χ2n) is 4.38. The zero-order valence-corrected chi connectivity index (χ0v) is 14.6. The van der Waals surface area contributed by atoms with Crippen molar-refractivity contribution in [1.82, 2.24) is 5.09 Å². The first-order valence-corrected chi connectivity index (χ1v) is 9.60. The Kier molecular flexibility index (Phi) is 6.46. The fourth-order valence-electron chi connectivity index (χ4n) is 1.44. The van der Waals surface area contributed by atoms with Crippen LogP contribution in [-0.2, 0) is 4.57 Å². The second kappa shape index (κ2) is 7.66. The first-order valence-electron chi connectivity index (χ1n) is 5.99. The predicted molar refractivity (Wildman–Crippen MR) is 90.1 cm³/mol. The van der Waals surface area contributed by atoms with Crippen LogP contribution >= 0.6 is 30.3 Å². The Morgan fingerprint density at radius 2 is 1.50 bits per heavy atom. The lowest BCUT2D eigenvalue weighted by atomic mass is 10.3. The van der Waals surface area contributed by atoms with E-state index in [1.807, 2.05) is 23.5 Å². The maximum atomic E-state index is 11.3. The maximum absolute atomic E-state index is 11.3. The lowest BCUT2D eigenvalue weighted by Crippen LogP contribution is -2.28. The molecule has 0 saturated carbocycles. The van der Waals surface area contributed by atoms with Crippen LogP contribution in [0.1, 0.15) is 30.5 Å². The smallest absolute Gasteiger partial charge is 0.300 e. The van der Waals surface area contributed by atoms with Crippen molar-refractivity contribution in [3.05, 3.63) is 43.8 Å². The zero-order valence-electron chi connectivity index (χ0n) is 12.0. The number of hydrogen-bond donors (Lipinski definition) is 4. The van der Waals surface area contributed by atoms with Crippen LogP contribution in [0.5, 0.6) is 0 Å². The van der Waals surface area contributed by atoms with Gasteiger partial charge in [0.2, 0.25) is 0 Å². The first-order chi connectivity index (χ1) is 10.1. The monoisotopic (exact) mass is 360 g/mol. The summed E-state index contributed by atoms with van der Waals surface area (Å²) in [6, 6.07) is 3.67. The molecule has 0 fully saturated rings. The highest BCUT2D eigenvalue weighted by atomic mass is 32.1. The normalized spacial score (nSPS) is 10.5. The molecule has 0 atom stereocenters. The Morgan fingerprint density at radius 1 is 1.05 bits per heavy atom. The molecule has 0 bridgehead atoms. The molecule has 2 rings (SSSR count). The molecule has 0 radical (unpaired) electrons. The van der Waals surface area contributed by atoms with E-state index in [1.165, 1.54) is 22.7 Å². The largest absolute Gasteiger partial charge is 0.365 e. The van der Waals surface area contributed by atoms with Crippen LogP contribution in [0.2, 0.25) is 0 Å². The average molecular weight is 360 g/mol. The first kappa shape index (κ1) is 18.5. The number of nitrogens with two attached hydrogens (primary N) is 3. The number of primary amides is 1. The number of hydrogen-bond acceptors (Lipinski definition) is 5. The minimum Gasteiger partial charge on any atom is -0.365 e. The predicted octanol–water partition coefficient (Wildman–Crippen LogP) is 1.97. The molecule has 0 aliphatic rings. The Hall–Kier alpha value is -1.51. The molecule has 0 aromatic carbocycles. The minimum atomic E-state index is -3.48. The molecule has 7 nitrogen and oxygen atoms in total. The van der Waals surface area contributed by atoms with Gasteiger partial charge in [0.05, 0.1) is 9.75 Å². The topological polar surface area (TPSA) is 141 Å². The molecule has 0 unspecified atom stereocenters. The van der Waals surface area contributed by atoms with Crippen LogP contribution in [0.25, 0.3) is 0 Å². The second-order valence-corrected chi connectivity index (χ2v) is 7.85. The molecule has 2 heterocycles. The fraction of sp³-hybridized carbons (Fsp3) is 0.167. The summed E-state index contributed by atoms with van der Waals surface area (Å²) in [4.78, 5) is 23.0. The minimum absolute atomic E-state index is 0.331. The summed E-state index contributed by atoms with van der Waals surface area (Å²) in [7, 11) is -3.48. The molecule has 0 saturated heterocycles. The third-order valence-corrected chi connectivity index (χ3v) is 5.03. The Bertz CT molecular complexity index is 720. The van der Waals surface area contributed by atoms with Crippen LogP contribution in [-0.4, -0.2) is 11.8 Å². The Morgan fingerprint density at radius 3 is 1.77 bits per heavy atom. The van der Waals surface area contributed by atoms with E-state index in [0.29, 0.717) is 9.75 Å². The van der Waals surface area contributed by atoms with Crippen molar-refractivity contribution in [3.63, 3.8) is 0 Å². The van der Waals surface area contributed by atoms with Crippen LogP contribution in [0.15, 0.2) is 22.9 Å². The summed E-state index contributed by atoms with van der Waals surface area (Å²) in [5, 5.41) is 5.67. The highest BCUT2D eigenvalue weighted by Crippen LogP contribution is 2.22. The molecule has 0 spiro atoms. The van der Waals surface area contributed by atoms with Gasteiger partial charge in [-0.05, 0) is 47.9 Å². The molecule has 2 aromatic heterocycles. The summed E-state index contributed by atoms with van der Waals surface area (Å²) in [6.07, 6.45) is 0. The van der Waals surface area contributed by atoms with Gasteiger partial charge in [0.1, 0.15) is 0 Å². The molecule has 0 aliphatic heterocycles. The summed E-state index contributed by atoms with van der Waals surface area (Å²) >= 11 is 2.64. The molecular weight excluding hydrogens is 343 g/mol. The van der Waals surface area contributed by atoms with Crippen molar-refractivity contribution < 1.29 is 14.2 Å². The van der Waals surface area contributed by atoms with Gasteiger partial charge < -0.3 is 5.73 Å². The number of amides is 2. The number of thiophene rings is 2. The van der Waals surface area contributed by atoms with Crippen molar-refractivity contribution in [1.29, 1.82) is 0 Å². The van der Waals surface area contributed by atoms with Crippen LogP contribution < -0.4 is 21.8 Å². The van der Waals surface area contributed by atoms with Crippen molar-refractivity contribution in [3.8, 4) is 0 Å². The maximum Gasteiger partial charge on any atom is 0.300 e. The quantitative estimate of drug-likeness (QED) is 0.619. The van der Waals surface area contributed by atoms with Crippen LogP contribution in [0.4, 0.5) is 0 Å². The highest BCUT2D eigenvalue weighted by Gasteiger charge is 2.16. The molecular formula is C12H17N4O3PS2. The van der Waals surface area contributed by atoms with Gasteiger partial charge in [-0.3, -0.25) is 30.2 Å². The van der Waals surface area contributed by atoms with Gasteiger partial charge in [0, 0.05) is 0 Å². The van der Waals surface area contributed by atoms with Crippen LogP contribution in [0, 0.1) is 13.8 Å². The van der Waals surface area contributed by atoms with Crippen molar-refractivity contribution in [2.45, 2.75) is 13.8 Å². The third-order valence-electron chi connectivity index (χ3n) is 2.43. The summed E-state index contributed by atoms with van der Waals surface area (Å²) < 4.78 is 10.9. The van der Waals surface area contributed by atoms with Gasteiger partial charge in [0.15, 0.2) is 0 Å². The fourth-order valence-corrected chi connectivity index (χ4v) is 3.54. The standard InChI is InChI=1S/C6H10N3O2PS.C6H7NOS/c1-4-2-3-13-5(4)6(10)9-12(7,8)11;1-4-2-3-9-5(4)6(7)8/h2-3H,1H3,(H5,7,8,9,10,11);2-3H,1H3,(H2,7,8). The van der Waals surface area contributed by atoms with Gasteiger partial charge >= 0.3 is 7.59 Å². The van der Waals surface area contributed by atoms with E-state index in [-0.39, 0.29) is 5.91 Å². The van der Waals surface area contributed by atoms with Gasteiger partial charge in [0.25, 0.3) is 11.8 Å². The number of rotatable bonds is 3. The summed E-state index contributed by atoms with van der Waals surface area (Å²) in [5.74, 6) is -0.816. The lowest BCUT2D eigenvalue weighted by molar-refractivity contribution is 0.0980. The highest BCUT2D eigenvalue weighted by molar-refractivity contribution is 7.57. The Labute approximate surface area is 136 Å². The van der Waals surface area contributed by atoms with E-state index in [1.54, 1.807) is 18.4 Å². The molecule has 0 aliphatic carbocycles. The molecule has 2 amide bonds. The van der Waals surface area contributed by atoms with E-state index in [4.69, 9.17) is 16.7 Å². The number of carbonyl (C=O) groups excluding carboxylic acids is 2. The lowest BCUT2D eigenvalue weighted by Gasteiger charge is -2.07. The molecule has 2 aromatic rings. The molecule has 120 valence electrons. The Balaban J connectivity index is 0.000000235. The van der Waals surface area contributed by atoms with E-state index in [9.17, 15) is 14.2 Å². The van der Waals surface area contributed by atoms with Gasteiger partial charge in [-0.1, -0.05) is 0 Å². The van der Waals surface area contributed by atoms with Gasteiger partial charge in [-0.15, -0.1) is 22.7 Å². The molecule has 10 heteroatoms. The van der Waals surface area contributed by atoms with Gasteiger partial charge in [-0.2, -0.15) is 0 Å². The van der Waals surface area contributed by atoms with Gasteiger partial charge in [-0.25, -0.2) is 0 Å². The van der Waals surface area contributed by atoms with Crippen molar-refractivity contribution in [2.24, 2.45) is 16.7 Å². The van der Waals surface area contributed by atoms with Crippen molar-refractivity contribution >= 4 is 42.1 Å². The summed E-state index contributed by atoms with van der Waals surface area (Å²) in [6.45, 7) is 3.65. The summed E-state index contributed by atoms with van der Waals surface area (Å²) in [5.41, 5.74) is 16.8. The van der Waals surface area contributed by atoms with E-state index >= 15 is 0 Å². The van der Waals surface area contributed by atoms with E-state index < -0.39 is 13.5 Å². The van der Waals surface area contributed by atoms with E-state index in [0.717, 1.165) is 11.1 Å². The number of nitrogens with one attached hydrogen (secondary N) is 1. The molecule has 7 N–H and O–H groups in total. The van der Waals surface area contributed by atoms with Crippen molar-refractivity contribution in [2.75, 3.05) is 0 Å².